The molecule has 5 heteroatoms. The number of methoxy groups -OCH3 is 1. The molecule has 2 aromatic rings. The van der Waals surface area contributed by atoms with Crippen LogP contribution in [0.1, 0.15) is 40.9 Å². The lowest BCUT2D eigenvalue weighted by atomic mass is 9.98. The Kier molecular flexibility index (Phi) is 5.61. The summed E-state index contributed by atoms with van der Waals surface area (Å²) in [6.45, 7) is 3.04. The summed E-state index contributed by atoms with van der Waals surface area (Å²) in [7, 11) is 1.65. The van der Waals surface area contributed by atoms with Crippen LogP contribution in [0.5, 0.6) is 5.75 Å². The van der Waals surface area contributed by atoms with E-state index < -0.39 is 0 Å². The fourth-order valence-electron chi connectivity index (χ4n) is 2.21. The summed E-state index contributed by atoms with van der Waals surface area (Å²) in [5.41, 5.74) is 7.19. The Labute approximate surface area is 130 Å². The maximum Gasteiger partial charge on any atom is 0.254 e. The minimum Gasteiger partial charge on any atom is -0.497 e. The largest absolute Gasteiger partial charge is 0.497 e. The highest BCUT2D eigenvalue weighted by Gasteiger charge is 2.10. The van der Waals surface area contributed by atoms with Crippen molar-refractivity contribution < 1.29 is 13.9 Å². The van der Waals surface area contributed by atoms with Crippen LogP contribution in [0.25, 0.3) is 0 Å². The van der Waals surface area contributed by atoms with E-state index in [0.29, 0.717) is 30.3 Å². The average molecular weight is 302 g/mol. The van der Waals surface area contributed by atoms with Gasteiger partial charge in [-0.15, -0.1) is 0 Å². The van der Waals surface area contributed by atoms with Crippen molar-refractivity contribution in [2.45, 2.75) is 25.8 Å². The molecule has 0 spiro atoms. The van der Waals surface area contributed by atoms with Gasteiger partial charge in [-0.2, -0.15) is 0 Å². The van der Waals surface area contributed by atoms with E-state index in [1.54, 1.807) is 13.2 Å². The van der Waals surface area contributed by atoms with Crippen LogP contribution in [-0.4, -0.2) is 19.6 Å². The second-order valence-corrected chi connectivity index (χ2v) is 5.22. The highest BCUT2D eigenvalue weighted by Crippen LogP contribution is 2.21. The van der Waals surface area contributed by atoms with E-state index >= 15 is 0 Å². The van der Waals surface area contributed by atoms with Gasteiger partial charge in [0, 0.05) is 6.54 Å². The van der Waals surface area contributed by atoms with Crippen molar-refractivity contribution in [2.75, 3.05) is 13.7 Å². The van der Waals surface area contributed by atoms with E-state index in [9.17, 15) is 4.79 Å². The Balaban J connectivity index is 1.80. The third-order valence-corrected chi connectivity index (χ3v) is 3.66. The number of ether oxygens (including phenoxy) is 1. The van der Waals surface area contributed by atoms with Gasteiger partial charge >= 0.3 is 0 Å². The van der Waals surface area contributed by atoms with Crippen molar-refractivity contribution in [1.82, 2.24) is 5.32 Å². The van der Waals surface area contributed by atoms with Crippen LogP contribution in [0, 0.1) is 0 Å². The zero-order valence-electron chi connectivity index (χ0n) is 13.0. The van der Waals surface area contributed by atoms with Crippen molar-refractivity contribution >= 4 is 5.91 Å². The Morgan fingerprint density at radius 1 is 1.36 bits per heavy atom. The highest BCUT2D eigenvalue weighted by atomic mass is 16.5. The molecule has 3 N–H and O–H groups in total. The quantitative estimate of drug-likeness (QED) is 0.824. The summed E-state index contributed by atoms with van der Waals surface area (Å²) in [4.78, 5) is 11.9. The molecular formula is C17H22N2O3. The molecule has 22 heavy (non-hydrogen) atoms. The standard InChI is InChI=1S/C17H22N2O3/c1-12(13-3-5-15(21-2)6-4-13)7-8-19-17(20)14-9-16(10-18)22-11-14/h3-6,9,11-12H,7-8,10,18H2,1-2H3,(H,19,20). The molecule has 0 fully saturated rings. The molecule has 1 atom stereocenters. The number of carbonyl (C=O) groups is 1. The molecule has 0 saturated carbocycles. The Bertz CT molecular complexity index is 605. The number of nitrogens with two attached hydrogens (primary N) is 1. The van der Waals surface area contributed by atoms with Crippen LogP contribution in [0.15, 0.2) is 41.0 Å². The molecule has 5 nitrogen and oxygen atoms in total. The first-order valence-electron chi connectivity index (χ1n) is 7.33. The van der Waals surface area contributed by atoms with Crippen molar-refractivity contribution in [3.8, 4) is 5.75 Å². The Morgan fingerprint density at radius 2 is 2.09 bits per heavy atom. The first-order valence-corrected chi connectivity index (χ1v) is 7.33. The highest BCUT2D eigenvalue weighted by molar-refractivity contribution is 5.93. The average Bonchev–Trinajstić information content (AvgIpc) is 3.04. The molecule has 1 heterocycles. The molecule has 0 bridgehead atoms. The summed E-state index contributed by atoms with van der Waals surface area (Å²) in [5, 5.41) is 2.90. The van der Waals surface area contributed by atoms with Crippen molar-refractivity contribution in [3.05, 3.63) is 53.5 Å². The summed E-state index contributed by atoms with van der Waals surface area (Å²) in [5.74, 6) is 1.68. The lowest BCUT2D eigenvalue weighted by Gasteiger charge is -2.12. The zero-order chi connectivity index (χ0) is 15.9. The van der Waals surface area contributed by atoms with Gasteiger partial charge in [-0.3, -0.25) is 4.79 Å². The molecule has 1 amide bonds. The third-order valence-electron chi connectivity index (χ3n) is 3.66. The van der Waals surface area contributed by atoms with Gasteiger partial charge in [0.15, 0.2) is 0 Å². The monoisotopic (exact) mass is 302 g/mol. The number of amides is 1. The molecule has 0 radical (unpaired) electrons. The fourth-order valence-corrected chi connectivity index (χ4v) is 2.21. The molecule has 1 aromatic heterocycles. The molecule has 0 aliphatic heterocycles. The fraction of sp³-hybridized carbons (Fsp3) is 0.353. The van der Waals surface area contributed by atoms with Gasteiger partial charge in [0.1, 0.15) is 17.8 Å². The van der Waals surface area contributed by atoms with Gasteiger partial charge in [-0.05, 0) is 36.1 Å². The molecule has 0 saturated heterocycles. The summed E-state index contributed by atoms with van der Waals surface area (Å²) in [6, 6.07) is 9.67. The van der Waals surface area contributed by atoms with Crippen LogP contribution in [-0.2, 0) is 6.54 Å². The summed E-state index contributed by atoms with van der Waals surface area (Å²) in [6.07, 6.45) is 2.30. The van der Waals surface area contributed by atoms with Gasteiger partial charge in [0.25, 0.3) is 5.91 Å². The van der Waals surface area contributed by atoms with Crippen molar-refractivity contribution in [2.24, 2.45) is 5.73 Å². The summed E-state index contributed by atoms with van der Waals surface area (Å²) < 4.78 is 10.3. The van der Waals surface area contributed by atoms with E-state index in [2.05, 4.69) is 24.4 Å². The third kappa shape index (κ3) is 4.11. The zero-order valence-corrected chi connectivity index (χ0v) is 13.0. The molecule has 1 unspecified atom stereocenters. The second kappa shape index (κ2) is 7.66. The Hall–Kier alpha value is -2.27. The van der Waals surface area contributed by atoms with E-state index in [1.807, 2.05) is 12.1 Å². The maximum atomic E-state index is 11.9. The van der Waals surface area contributed by atoms with Gasteiger partial charge in [-0.25, -0.2) is 0 Å². The molecular weight excluding hydrogens is 280 g/mol. The van der Waals surface area contributed by atoms with Gasteiger partial charge in [-0.1, -0.05) is 19.1 Å². The Morgan fingerprint density at radius 3 is 2.68 bits per heavy atom. The number of hydrogen-bond acceptors (Lipinski definition) is 4. The topological polar surface area (TPSA) is 77.5 Å². The first kappa shape index (κ1) is 16.1. The van der Waals surface area contributed by atoms with E-state index in [4.69, 9.17) is 14.9 Å². The smallest absolute Gasteiger partial charge is 0.254 e. The predicted octanol–water partition coefficient (Wildman–Crippen LogP) is 2.67. The van der Waals surface area contributed by atoms with Crippen molar-refractivity contribution in [3.63, 3.8) is 0 Å². The summed E-state index contributed by atoms with van der Waals surface area (Å²) >= 11 is 0. The van der Waals surface area contributed by atoms with E-state index in [-0.39, 0.29) is 5.91 Å². The molecule has 118 valence electrons. The van der Waals surface area contributed by atoms with Crippen LogP contribution in [0.3, 0.4) is 0 Å². The van der Waals surface area contributed by atoms with Gasteiger partial charge < -0.3 is 20.2 Å². The minimum absolute atomic E-state index is 0.134. The maximum absolute atomic E-state index is 11.9. The lowest BCUT2D eigenvalue weighted by molar-refractivity contribution is 0.0952. The van der Waals surface area contributed by atoms with Crippen LogP contribution >= 0.6 is 0 Å². The number of rotatable bonds is 7. The van der Waals surface area contributed by atoms with E-state index in [0.717, 1.165) is 12.2 Å². The number of furan rings is 1. The van der Waals surface area contributed by atoms with Crippen LogP contribution in [0.4, 0.5) is 0 Å². The van der Waals surface area contributed by atoms with Crippen molar-refractivity contribution in [1.29, 1.82) is 0 Å². The SMILES string of the molecule is COc1ccc(C(C)CCNC(=O)c2coc(CN)c2)cc1. The minimum atomic E-state index is -0.134. The number of nitrogens with one attached hydrogen (secondary N) is 1. The number of hydrogen-bond donors (Lipinski definition) is 2. The normalized spacial score (nSPS) is 12.0. The number of carbonyl (C=O) groups excluding carboxylic acids is 1. The second-order valence-electron chi connectivity index (χ2n) is 5.22. The van der Waals surface area contributed by atoms with Gasteiger partial charge in [0.05, 0.1) is 19.2 Å². The molecule has 0 aliphatic carbocycles. The van der Waals surface area contributed by atoms with E-state index in [1.165, 1.54) is 11.8 Å². The first-order chi connectivity index (χ1) is 10.6. The predicted molar refractivity (Wildman–Crippen MR) is 85.0 cm³/mol. The molecule has 1 aromatic carbocycles. The molecule has 0 aliphatic rings. The molecule has 2 rings (SSSR count). The van der Waals surface area contributed by atoms with Crippen LogP contribution in [0.2, 0.25) is 0 Å². The number of benzene rings is 1. The van der Waals surface area contributed by atoms with Crippen LogP contribution < -0.4 is 15.8 Å². The van der Waals surface area contributed by atoms with Gasteiger partial charge in [0.2, 0.25) is 0 Å². The lowest BCUT2D eigenvalue weighted by Crippen LogP contribution is -2.24.